The number of aromatic nitrogens is 1. The molecule has 0 atom stereocenters. The molecule has 1 fully saturated rings. The Labute approximate surface area is 119 Å². The molecule has 1 aromatic carbocycles. The van der Waals surface area contributed by atoms with E-state index in [-0.39, 0.29) is 0 Å². The van der Waals surface area contributed by atoms with Crippen molar-refractivity contribution in [1.29, 1.82) is 0 Å². The van der Waals surface area contributed by atoms with E-state index in [4.69, 9.17) is 4.74 Å². The largest absolute Gasteiger partial charge is 0.487 e. The molecule has 1 aromatic heterocycles. The van der Waals surface area contributed by atoms with Crippen molar-refractivity contribution in [2.75, 3.05) is 31.1 Å². The molecular weight excluding hydrogens is 250 g/mol. The summed E-state index contributed by atoms with van der Waals surface area (Å²) in [4.78, 5) is 6.60. The Balaban J connectivity index is 1.58. The fourth-order valence-corrected chi connectivity index (χ4v) is 2.26. The van der Waals surface area contributed by atoms with E-state index in [1.165, 1.54) is 5.69 Å². The lowest BCUT2D eigenvalue weighted by Gasteiger charge is -2.28. The number of anilines is 1. The fraction of sp³-hybridized carbons (Fsp3) is 0.312. The topological polar surface area (TPSA) is 39.5 Å². The van der Waals surface area contributed by atoms with Crippen molar-refractivity contribution in [2.24, 2.45) is 0 Å². The van der Waals surface area contributed by atoms with Gasteiger partial charge in [0.05, 0.1) is 5.69 Å². The predicted molar refractivity (Wildman–Crippen MR) is 79.1 cm³/mol. The van der Waals surface area contributed by atoms with Gasteiger partial charge in [0, 0.05) is 38.1 Å². The Bertz CT molecular complexity index is 521. The van der Waals surface area contributed by atoms with E-state index in [1.54, 1.807) is 6.20 Å². The molecule has 0 saturated carbocycles. The maximum atomic E-state index is 5.73. The summed E-state index contributed by atoms with van der Waals surface area (Å²) in [6.45, 7) is 4.38. The quantitative estimate of drug-likeness (QED) is 0.852. The highest BCUT2D eigenvalue weighted by Crippen LogP contribution is 2.20. The Morgan fingerprint density at radius 3 is 2.50 bits per heavy atom. The molecule has 1 aliphatic rings. The number of benzene rings is 1. The molecule has 4 heteroatoms. The van der Waals surface area contributed by atoms with E-state index in [0.717, 1.165) is 37.6 Å². The van der Waals surface area contributed by atoms with Crippen molar-refractivity contribution in [3.63, 3.8) is 0 Å². The van der Waals surface area contributed by atoms with Crippen molar-refractivity contribution < 1.29 is 4.74 Å². The van der Waals surface area contributed by atoms with Crippen molar-refractivity contribution in [1.82, 2.24) is 10.3 Å². The van der Waals surface area contributed by atoms with Gasteiger partial charge in [0.15, 0.2) is 0 Å². The molecule has 3 rings (SSSR count). The first-order chi connectivity index (χ1) is 9.92. The number of hydrogen-bond donors (Lipinski definition) is 0. The van der Waals surface area contributed by atoms with Crippen LogP contribution in [0.2, 0.25) is 0 Å². The van der Waals surface area contributed by atoms with E-state index in [9.17, 15) is 0 Å². The van der Waals surface area contributed by atoms with Gasteiger partial charge in [-0.3, -0.25) is 4.98 Å². The van der Waals surface area contributed by atoms with Gasteiger partial charge in [-0.25, -0.2) is 5.32 Å². The molecule has 1 aliphatic heterocycles. The fourth-order valence-electron chi connectivity index (χ4n) is 2.26. The van der Waals surface area contributed by atoms with Gasteiger partial charge in [-0.15, -0.1) is 0 Å². The Morgan fingerprint density at radius 1 is 1.00 bits per heavy atom. The van der Waals surface area contributed by atoms with E-state index in [0.29, 0.717) is 6.61 Å². The zero-order valence-electron chi connectivity index (χ0n) is 11.4. The average molecular weight is 268 g/mol. The maximum absolute atomic E-state index is 5.73. The first-order valence-corrected chi connectivity index (χ1v) is 6.93. The summed E-state index contributed by atoms with van der Waals surface area (Å²) in [7, 11) is 0. The first-order valence-electron chi connectivity index (χ1n) is 6.93. The number of hydrogen-bond acceptors (Lipinski definition) is 3. The highest BCUT2D eigenvalue weighted by molar-refractivity contribution is 5.49. The molecule has 20 heavy (non-hydrogen) atoms. The summed E-state index contributed by atoms with van der Waals surface area (Å²) in [5.41, 5.74) is 2.18. The molecule has 1 radical (unpaired) electrons. The smallest absolute Gasteiger partial charge is 0.130 e. The minimum Gasteiger partial charge on any atom is -0.487 e. The van der Waals surface area contributed by atoms with Crippen LogP contribution < -0.4 is 15.0 Å². The van der Waals surface area contributed by atoms with Crippen molar-refractivity contribution in [3.8, 4) is 5.75 Å². The second-order valence-electron chi connectivity index (χ2n) is 4.76. The zero-order chi connectivity index (χ0) is 13.6. The molecule has 103 valence electrons. The van der Waals surface area contributed by atoms with Gasteiger partial charge < -0.3 is 9.64 Å². The predicted octanol–water partition coefficient (Wildman–Crippen LogP) is 2.08. The summed E-state index contributed by atoms with van der Waals surface area (Å²) in [6, 6.07) is 14.1. The molecular formula is C16H18N3O. The average Bonchev–Trinajstić information content (AvgIpc) is 2.55. The SMILES string of the molecule is c1ccc(COc2ccc(N3CC[N]CC3)cc2)nc1. The van der Waals surface area contributed by atoms with Crippen molar-refractivity contribution in [3.05, 3.63) is 54.4 Å². The minimum atomic E-state index is 0.503. The molecule has 4 nitrogen and oxygen atoms in total. The molecule has 0 aliphatic carbocycles. The van der Waals surface area contributed by atoms with Gasteiger partial charge in [-0.05, 0) is 36.4 Å². The number of ether oxygens (including phenoxy) is 1. The number of pyridine rings is 1. The van der Waals surface area contributed by atoms with Crippen LogP contribution in [0.1, 0.15) is 5.69 Å². The monoisotopic (exact) mass is 268 g/mol. The van der Waals surface area contributed by atoms with Crippen LogP contribution in [0.5, 0.6) is 5.75 Å². The molecule has 0 bridgehead atoms. The lowest BCUT2D eigenvalue weighted by atomic mass is 10.2. The summed E-state index contributed by atoms with van der Waals surface area (Å²) in [6.07, 6.45) is 1.78. The van der Waals surface area contributed by atoms with Crippen LogP contribution in [0.3, 0.4) is 0 Å². The van der Waals surface area contributed by atoms with Gasteiger partial charge in [0.25, 0.3) is 0 Å². The van der Waals surface area contributed by atoms with Crippen molar-refractivity contribution in [2.45, 2.75) is 6.61 Å². The lowest BCUT2D eigenvalue weighted by molar-refractivity contribution is 0.301. The number of piperazine rings is 1. The van der Waals surface area contributed by atoms with Crippen LogP contribution in [0, 0.1) is 0 Å². The number of rotatable bonds is 4. The standard InChI is InChI=1S/C16H18N3O/c1-2-8-18-14(3-1)13-20-16-6-4-15(5-7-16)19-11-9-17-10-12-19/h1-8H,9-13H2. The van der Waals surface area contributed by atoms with E-state index in [1.807, 2.05) is 30.3 Å². The van der Waals surface area contributed by atoms with Crippen LogP contribution >= 0.6 is 0 Å². The van der Waals surface area contributed by atoms with Crippen molar-refractivity contribution >= 4 is 5.69 Å². The van der Waals surface area contributed by atoms with Gasteiger partial charge in [0.1, 0.15) is 12.4 Å². The van der Waals surface area contributed by atoms with Gasteiger partial charge in [0.2, 0.25) is 0 Å². The lowest BCUT2D eigenvalue weighted by Crippen LogP contribution is -2.40. The molecule has 2 aromatic rings. The second-order valence-corrected chi connectivity index (χ2v) is 4.76. The second kappa shape index (κ2) is 6.39. The van der Waals surface area contributed by atoms with Crippen LogP contribution in [0.25, 0.3) is 0 Å². The van der Waals surface area contributed by atoms with Crippen LogP contribution in [-0.4, -0.2) is 31.2 Å². The number of nitrogens with zero attached hydrogens (tertiary/aromatic N) is 3. The zero-order valence-corrected chi connectivity index (χ0v) is 11.4. The molecule has 1 saturated heterocycles. The summed E-state index contributed by atoms with van der Waals surface area (Å²) < 4.78 is 5.73. The summed E-state index contributed by atoms with van der Waals surface area (Å²) >= 11 is 0. The highest BCUT2D eigenvalue weighted by Gasteiger charge is 2.10. The van der Waals surface area contributed by atoms with Crippen LogP contribution in [0.15, 0.2) is 48.7 Å². The summed E-state index contributed by atoms with van der Waals surface area (Å²) in [5.74, 6) is 0.876. The third-order valence-corrected chi connectivity index (χ3v) is 3.37. The molecule has 0 unspecified atom stereocenters. The normalized spacial score (nSPS) is 15.1. The first kappa shape index (κ1) is 12.9. The highest BCUT2D eigenvalue weighted by atomic mass is 16.5. The van der Waals surface area contributed by atoms with E-state index >= 15 is 0 Å². The van der Waals surface area contributed by atoms with Crippen LogP contribution in [-0.2, 0) is 6.61 Å². The Hall–Kier alpha value is -2.07. The van der Waals surface area contributed by atoms with E-state index < -0.39 is 0 Å². The summed E-state index contributed by atoms with van der Waals surface area (Å²) in [5, 5.41) is 4.36. The molecule has 0 N–H and O–H groups in total. The molecule has 2 heterocycles. The van der Waals surface area contributed by atoms with Gasteiger partial charge in [-0.2, -0.15) is 0 Å². The molecule has 0 spiro atoms. The third-order valence-electron chi connectivity index (χ3n) is 3.37. The van der Waals surface area contributed by atoms with E-state index in [2.05, 4.69) is 27.3 Å². The van der Waals surface area contributed by atoms with Crippen LogP contribution in [0.4, 0.5) is 5.69 Å². The maximum Gasteiger partial charge on any atom is 0.130 e. The van der Waals surface area contributed by atoms with Gasteiger partial charge in [-0.1, -0.05) is 6.07 Å². The Morgan fingerprint density at radius 2 is 1.80 bits per heavy atom. The van der Waals surface area contributed by atoms with Gasteiger partial charge >= 0.3 is 0 Å². The Kier molecular flexibility index (Phi) is 4.13. The molecule has 0 amide bonds. The minimum absolute atomic E-state index is 0.503. The third kappa shape index (κ3) is 3.27.